The van der Waals surface area contributed by atoms with Crippen LogP contribution in [0.4, 0.5) is 0 Å². The zero-order valence-corrected chi connectivity index (χ0v) is 10.1. The van der Waals surface area contributed by atoms with E-state index >= 15 is 0 Å². The molecule has 2 rings (SSSR count). The molecule has 1 aromatic carbocycles. The molecule has 94 valence electrons. The number of ether oxygens (including phenoxy) is 1. The third kappa shape index (κ3) is 1.84. The van der Waals surface area contributed by atoms with E-state index in [4.69, 9.17) is 4.74 Å². The average Bonchev–Trinajstić information content (AvgIpc) is 2.75. The normalized spacial score (nSPS) is 10.6. The Morgan fingerprint density at radius 2 is 2.06 bits per heavy atom. The first-order chi connectivity index (χ1) is 8.56. The highest BCUT2D eigenvalue weighted by molar-refractivity contribution is 6.07. The van der Waals surface area contributed by atoms with E-state index in [1.807, 2.05) is 0 Å². The van der Waals surface area contributed by atoms with Gasteiger partial charge >= 0.3 is 5.97 Å². The molecule has 1 aromatic heterocycles. The summed E-state index contributed by atoms with van der Waals surface area (Å²) in [5.41, 5.74) is 0.665. The quantitative estimate of drug-likeness (QED) is 0.826. The van der Waals surface area contributed by atoms with Crippen molar-refractivity contribution in [3.8, 4) is 5.75 Å². The molecule has 0 saturated carbocycles. The lowest BCUT2D eigenvalue weighted by atomic mass is 10.1. The van der Waals surface area contributed by atoms with E-state index in [-0.39, 0.29) is 18.3 Å². The monoisotopic (exact) mass is 247 g/mol. The summed E-state index contributed by atoms with van der Waals surface area (Å²) < 4.78 is 6.23. The van der Waals surface area contributed by atoms with Crippen molar-refractivity contribution in [3.05, 3.63) is 30.0 Å². The second kappa shape index (κ2) is 4.52. The zero-order chi connectivity index (χ0) is 13.3. The molecule has 0 atom stereocenters. The predicted molar refractivity (Wildman–Crippen MR) is 65.9 cm³/mol. The molecule has 5 heteroatoms. The molecule has 0 bridgehead atoms. The van der Waals surface area contributed by atoms with Crippen LogP contribution in [0.5, 0.6) is 5.75 Å². The van der Waals surface area contributed by atoms with Gasteiger partial charge in [0.15, 0.2) is 0 Å². The maximum Gasteiger partial charge on any atom is 0.338 e. The molecule has 0 aliphatic heterocycles. The summed E-state index contributed by atoms with van der Waals surface area (Å²) in [6.45, 7) is 3.38. The molecule has 0 fully saturated rings. The second-order valence-electron chi connectivity index (χ2n) is 3.82. The molecule has 0 radical (unpaired) electrons. The first kappa shape index (κ1) is 12.2. The molecule has 0 amide bonds. The fourth-order valence-electron chi connectivity index (χ4n) is 1.89. The van der Waals surface area contributed by atoms with Crippen LogP contribution in [0.1, 0.15) is 29.0 Å². The van der Waals surface area contributed by atoms with E-state index in [2.05, 4.69) is 0 Å². The first-order valence-electron chi connectivity index (χ1n) is 5.57. The lowest BCUT2D eigenvalue weighted by Crippen LogP contribution is -2.06. The van der Waals surface area contributed by atoms with Gasteiger partial charge in [-0.05, 0) is 25.1 Å². The minimum absolute atomic E-state index is 0.0433. The number of phenolic OH excluding ortho intramolecular Hbond substituents is 1. The Balaban J connectivity index is 2.69. The zero-order valence-electron chi connectivity index (χ0n) is 10.1. The van der Waals surface area contributed by atoms with Gasteiger partial charge in [-0.15, -0.1) is 0 Å². The fraction of sp³-hybridized carbons (Fsp3) is 0.231. The molecule has 0 unspecified atom stereocenters. The number of benzene rings is 1. The van der Waals surface area contributed by atoms with Gasteiger partial charge < -0.3 is 9.84 Å². The lowest BCUT2D eigenvalue weighted by Gasteiger charge is -2.06. The van der Waals surface area contributed by atoms with Gasteiger partial charge in [-0.25, -0.2) is 4.79 Å². The Morgan fingerprint density at radius 1 is 1.33 bits per heavy atom. The predicted octanol–water partition coefficient (Wildman–Crippen LogP) is 2.18. The molecule has 2 aromatic rings. The van der Waals surface area contributed by atoms with Gasteiger partial charge in [0.05, 0.1) is 17.7 Å². The van der Waals surface area contributed by atoms with E-state index in [9.17, 15) is 14.7 Å². The van der Waals surface area contributed by atoms with Crippen LogP contribution in [-0.4, -0.2) is 28.2 Å². The Kier molecular flexibility index (Phi) is 3.06. The molecular formula is C13H13NO4. The van der Waals surface area contributed by atoms with Gasteiger partial charge in [-0.3, -0.25) is 9.36 Å². The number of nitrogens with zero attached hydrogens (tertiary/aromatic N) is 1. The van der Waals surface area contributed by atoms with Crippen molar-refractivity contribution in [2.24, 2.45) is 0 Å². The number of hydrogen-bond donors (Lipinski definition) is 1. The number of hydrogen-bond acceptors (Lipinski definition) is 4. The highest BCUT2D eigenvalue weighted by atomic mass is 16.5. The van der Waals surface area contributed by atoms with Gasteiger partial charge in [0.2, 0.25) is 5.91 Å². The van der Waals surface area contributed by atoms with Crippen LogP contribution in [0.2, 0.25) is 0 Å². The SMILES string of the molecule is CCOC(=O)c1ccc(O)c2c1ccn2C(C)=O. The van der Waals surface area contributed by atoms with Crippen LogP contribution in [0.15, 0.2) is 24.4 Å². The largest absolute Gasteiger partial charge is 0.506 e. The van der Waals surface area contributed by atoms with Crippen LogP contribution in [0.3, 0.4) is 0 Å². The minimum Gasteiger partial charge on any atom is -0.506 e. The summed E-state index contributed by atoms with van der Waals surface area (Å²) in [4.78, 5) is 23.2. The lowest BCUT2D eigenvalue weighted by molar-refractivity contribution is 0.0528. The number of rotatable bonds is 2. The van der Waals surface area contributed by atoms with Gasteiger partial charge in [0.1, 0.15) is 5.75 Å². The van der Waals surface area contributed by atoms with E-state index in [1.54, 1.807) is 13.0 Å². The topological polar surface area (TPSA) is 68.5 Å². The molecule has 18 heavy (non-hydrogen) atoms. The third-order valence-electron chi connectivity index (χ3n) is 2.66. The average molecular weight is 247 g/mol. The van der Waals surface area contributed by atoms with Crippen molar-refractivity contribution in [3.63, 3.8) is 0 Å². The second-order valence-corrected chi connectivity index (χ2v) is 3.82. The Morgan fingerprint density at radius 3 is 2.67 bits per heavy atom. The first-order valence-corrected chi connectivity index (χ1v) is 5.57. The number of carbonyl (C=O) groups is 2. The summed E-state index contributed by atoms with van der Waals surface area (Å²) >= 11 is 0. The van der Waals surface area contributed by atoms with Gasteiger partial charge in [0, 0.05) is 18.5 Å². The van der Waals surface area contributed by atoms with Crippen molar-refractivity contribution in [2.75, 3.05) is 6.61 Å². The number of carbonyl (C=O) groups excluding carboxylic acids is 2. The van der Waals surface area contributed by atoms with Crippen molar-refractivity contribution in [1.29, 1.82) is 0 Å². The van der Waals surface area contributed by atoms with E-state index in [1.165, 1.54) is 29.8 Å². The van der Waals surface area contributed by atoms with Crippen molar-refractivity contribution < 1.29 is 19.4 Å². The fourth-order valence-corrected chi connectivity index (χ4v) is 1.89. The number of phenols is 1. The summed E-state index contributed by atoms with van der Waals surface area (Å²) in [6, 6.07) is 4.48. The molecule has 1 N–H and O–H groups in total. The summed E-state index contributed by atoms with van der Waals surface area (Å²) in [7, 11) is 0. The maximum absolute atomic E-state index is 11.8. The summed E-state index contributed by atoms with van der Waals surface area (Å²) in [5, 5.41) is 10.3. The molecule has 0 spiro atoms. The van der Waals surface area contributed by atoms with Gasteiger partial charge in [-0.1, -0.05) is 0 Å². The highest BCUT2D eigenvalue weighted by Crippen LogP contribution is 2.29. The standard InChI is InChI=1S/C13H13NO4/c1-3-18-13(17)10-4-5-11(16)12-9(10)6-7-14(12)8(2)15/h4-7,16H,3H2,1-2H3. The van der Waals surface area contributed by atoms with Crippen LogP contribution in [-0.2, 0) is 4.74 Å². The third-order valence-corrected chi connectivity index (χ3v) is 2.66. The Hall–Kier alpha value is -2.30. The van der Waals surface area contributed by atoms with E-state index < -0.39 is 5.97 Å². The van der Waals surface area contributed by atoms with E-state index in [0.717, 1.165) is 0 Å². The van der Waals surface area contributed by atoms with E-state index in [0.29, 0.717) is 16.5 Å². The summed E-state index contributed by atoms with van der Waals surface area (Å²) in [5.74, 6) is -0.747. The maximum atomic E-state index is 11.8. The molecular weight excluding hydrogens is 234 g/mol. The Labute approximate surface area is 104 Å². The highest BCUT2D eigenvalue weighted by Gasteiger charge is 2.17. The van der Waals surface area contributed by atoms with Gasteiger partial charge in [0.25, 0.3) is 0 Å². The van der Waals surface area contributed by atoms with Gasteiger partial charge in [-0.2, -0.15) is 0 Å². The number of aromatic hydroxyl groups is 1. The number of aromatic nitrogens is 1. The number of esters is 1. The van der Waals surface area contributed by atoms with Crippen molar-refractivity contribution >= 4 is 22.8 Å². The molecule has 0 aliphatic carbocycles. The van der Waals surface area contributed by atoms with Crippen molar-refractivity contribution in [1.82, 2.24) is 4.57 Å². The molecule has 1 heterocycles. The summed E-state index contributed by atoms with van der Waals surface area (Å²) in [6.07, 6.45) is 1.52. The molecule has 0 saturated heterocycles. The van der Waals surface area contributed by atoms with Crippen LogP contribution in [0, 0.1) is 0 Å². The minimum atomic E-state index is -0.469. The Bertz CT molecular complexity index is 627. The van der Waals surface area contributed by atoms with Crippen LogP contribution < -0.4 is 0 Å². The number of fused-ring (bicyclic) bond motifs is 1. The molecule has 0 aliphatic rings. The van der Waals surface area contributed by atoms with Crippen molar-refractivity contribution in [2.45, 2.75) is 13.8 Å². The smallest absolute Gasteiger partial charge is 0.338 e. The van der Waals surface area contributed by atoms with Crippen LogP contribution in [0.25, 0.3) is 10.9 Å². The van der Waals surface area contributed by atoms with Crippen LogP contribution >= 0.6 is 0 Å². The molecule has 5 nitrogen and oxygen atoms in total.